The van der Waals surface area contributed by atoms with Crippen LogP contribution in [0.4, 0.5) is 0 Å². The summed E-state index contributed by atoms with van der Waals surface area (Å²) in [4.78, 5) is 0. The SMILES string of the molecule is COc1ccc2c(-c3ccc(I)cc3)csc2c1. The van der Waals surface area contributed by atoms with E-state index in [9.17, 15) is 0 Å². The second kappa shape index (κ2) is 4.90. The van der Waals surface area contributed by atoms with E-state index in [0.717, 1.165) is 5.75 Å². The summed E-state index contributed by atoms with van der Waals surface area (Å²) in [5.74, 6) is 0.915. The van der Waals surface area contributed by atoms with Crippen LogP contribution in [0.1, 0.15) is 0 Å². The lowest BCUT2D eigenvalue weighted by Crippen LogP contribution is -1.81. The molecule has 3 aromatic rings. The Kier molecular flexibility index (Phi) is 3.26. The van der Waals surface area contributed by atoms with Gasteiger partial charge in [-0.2, -0.15) is 0 Å². The van der Waals surface area contributed by atoms with E-state index in [4.69, 9.17) is 4.74 Å². The van der Waals surface area contributed by atoms with Gasteiger partial charge in [-0.3, -0.25) is 0 Å². The molecule has 3 heteroatoms. The summed E-state index contributed by atoms with van der Waals surface area (Å²) in [6.45, 7) is 0. The van der Waals surface area contributed by atoms with Crippen molar-refractivity contribution in [3.63, 3.8) is 0 Å². The average molecular weight is 366 g/mol. The molecule has 0 saturated carbocycles. The lowest BCUT2D eigenvalue weighted by molar-refractivity contribution is 0.415. The van der Waals surface area contributed by atoms with Gasteiger partial charge < -0.3 is 4.74 Å². The van der Waals surface area contributed by atoms with Crippen molar-refractivity contribution in [1.82, 2.24) is 0 Å². The van der Waals surface area contributed by atoms with Crippen molar-refractivity contribution in [2.45, 2.75) is 0 Å². The Labute approximate surface area is 124 Å². The van der Waals surface area contributed by atoms with Crippen LogP contribution in [0.15, 0.2) is 47.8 Å². The van der Waals surface area contributed by atoms with Crippen molar-refractivity contribution in [1.29, 1.82) is 0 Å². The summed E-state index contributed by atoms with van der Waals surface area (Å²) in [5, 5.41) is 3.51. The second-order valence-electron chi connectivity index (χ2n) is 4.02. The zero-order valence-electron chi connectivity index (χ0n) is 9.81. The van der Waals surface area contributed by atoms with E-state index in [1.165, 1.54) is 24.8 Å². The molecule has 0 aliphatic rings. The fraction of sp³-hybridized carbons (Fsp3) is 0.0667. The van der Waals surface area contributed by atoms with Crippen molar-refractivity contribution in [3.05, 3.63) is 51.4 Å². The molecule has 0 bridgehead atoms. The standard InChI is InChI=1S/C15H11IOS/c1-17-12-6-7-13-14(9-18-15(13)8-12)10-2-4-11(16)5-3-10/h2-9H,1H3. The number of thiophene rings is 1. The summed E-state index contributed by atoms with van der Waals surface area (Å²) in [7, 11) is 1.70. The lowest BCUT2D eigenvalue weighted by Gasteiger charge is -2.02. The number of methoxy groups -OCH3 is 1. The van der Waals surface area contributed by atoms with E-state index in [0.29, 0.717) is 0 Å². The van der Waals surface area contributed by atoms with Crippen LogP contribution in [-0.2, 0) is 0 Å². The minimum Gasteiger partial charge on any atom is -0.497 e. The Bertz CT molecular complexity index is 685. The van der Waals surface area contributed by atoms with Crippen LogP contribution in [-0.4, -0.2) is 7.11 Å². The van der Waals surface area contributed by atoms with Crippen LogP contribution in [0.5, 0.6) is 5.75 Å². The van der Waals surface area contributed by atoms with Gasteiger partial charge in [0.05, 0.1) is 7.11 Å². The molecule has 0 saturated heterocycles. The zero-order chi connectivity index (χ0) is 12.5. The molecular formula is C15H11IOS. The highest BCUT2D eigenvalue weighted by Crippen LogP contribution is 2.35. The van der Waals surface area contributed by atoms with Crippen LogP contribution < -0.4 is 4.74 Å². The largest absolute Gasteiger partial charge is 0.497 e. The lowest BCUT2D eigenvalue weighted by atomic mass is 10.1. The van der Waals surface area contributed by atoms with Crippen LogP contribution in [0.25, 0.3) is 21.2 Å². The first-order valence-electron chi connectivity index (χ1n) is 5.59. The maximum atomic E-state index is 5.26. The highest BCUT2D eigenvalue weighted by atomic mass is 127. The highest BCUT2D eigenvalue weighted by molar-refractivity contribution is 14.1. The van der Waals surface area contributed by atoms with Crippen molar-refractivity contribution >= 4 is 44.0 Å². The van der Waals surface area contributed by atoms with Crippen molar-refractivity contribution < 1.29 is 4.74 Å². The number of rotatable bonds is 2. The van der Waals surface area contributed by atoms with Gasteiger partial charge >= 0.3 is 0 Å². The number of hydrogen-bond acceptors (Lipinski definition) is 2. The number of halogens is 1. The van der Waals surface area contributed by atoms with Gasteiger partial charge in [0.1, 0.15) is 5.75 Å². The van der Waals surface area contributed by atoms with Crippen LogP contribution in [0.3, 0.4) is 0 Å². The third-order valence-electron chi connectivity index (χ3n) is 2.94. The molecule has 0 atom stereocenters. The molecule has 2 aromatic carbocycles. The molecule has 1 heterocycles. The Morgan fingerprint density at radius 3 is 2.56 bits per heavy atom. The Morgan fingerprint density at radius 2 is 1.83 bits per heavy atom. The maximum absolute atomic E-state index is 5.26. The molecule has 0 aliphatic heterocycles. The summed E-state index contributed by atoms with van der Waals surface area (Å²) in [6.07, 6.45) is 0. The predicted molar refractivity (Wildman–Crippen MR) is 86.5 cm³/mol. The van der Waals surface area contributed by atoms with Gasteiger partial charge in [0.15, 0.2) is 0 Å². The molecule has 0 amide bonds. The Balaban J connectivity index is 2.15. The predicted octanol–water partition coefficient (Wildman–Crippen LogP) is 5.18. The van der Waals surface area contributed by atoms with Gasteiger partial charge in [0.25, 0.3) is 0 Å². The summed E-state index contributed by atoms with van der Waals surface area (Å²) >= 11 is 4.09. The topological polar surface area (TPSA) is 9.23 Å². The highest BCUT2D eigenvalue weighted by Gasteiger charge is 2.07. The quantitative estimate of drug-likeness (QED) is 0.568. The van der Waals surface area contributed by atoms with Gasteiger partial charge in [-0.15, -0.1) is 11.3 Å². The fourth-order valence-corrected chi connectivity index (χ4v) is 3.35. The third-order valence-corrected chi connectivity index (χ3v) is 4.60. The van der Waals surface area contributed by atoms with E-state index in [-0.39, 0.29) is 0 Å². The molecule has 0 aliphatic carbocycles. The Hall–Kier alpha value is -1.07. The van der Waals surface area contributed by atoms with Crippen molar-refractivity contribution in [2.24, 2.45) is 0 Å². The molecule has 0 spiro atoms. The van der Waals surface area contributed by atoms with Crippen LogP contribution in [0.2, 0.25) is 0 Å². The van der Waals surface area contributed by atoms with Gasteiger partial charge in [-0.1, -0.05) is 12.1 Å². The first-order valence-corrected chi connectivity index (χ1v) is 7.55. The molecule has 18 heavy (non-hydrogen) atoms. The normalized spacial score (nSPS) is 10.8. The summed E-state index contributed by atoms with van der Waals surface area (Å²) in [6, 6.07) is 14.9. The second-order valence-corrected chi connectivity index (χ2v) is 6.18. The molecule has 0 unspecified atom stereocenters. The van der Waals surface area contributed by atoms with Gasteiger partial charge in [-0.25, -0.2) is 0 Å². The Morgan fingerprint density at radius 1 is 1.06 bits per heavy atom. The van der Waals surface area contributed by atoms with E-state index < -0.39 is 0 Å². The first-order chi connectivity index (χ1) is 8.78. The van der Waals surface area contributed by atoms with E-state index in [1.807, 2.05) is 6.07 Å². The van der Waals surface area contributed by atoms with Gasteiger partial charge in [-0.05, 0) is 63.9 Å². The van der Waals surface area contributed by atoms with Crippen LogP contribution in [0, 0.1) is 3.57 Å². The summed E-state index contributed by atoms with van der Waals surface area (Å²) in [5.41, 5.74) is 2.57. The molecule has 0 radical (unpaired) electrons. The smallest absolute Gasteiger partial charge is 0.120 e. The molecule has 0 fully saturated rings. The zero-order valence-corrected chi connectivity index (χ0v) is 12.8. The molecule has 1 nitrogen and oxygen atoms in total. The minimum atomic E-state index is 0.915. The number of ether oxygens (including phenoxy) is 1. The van der Waals surface area contributed by atoms with Gasteiger partial charge in [0, 0.05) is 19.2 Å². The fourth-order valence-electron chi connectivity index (χ4n) is 1.99. The van der Waals surface area contributed by atoms with E-state index in [2.05, 4.69) is 64.4 Å². The number of hydrogen-bond donors (Lipinski definition) is 0. The number of benzene rings is 2. The van der Waals surface area contributed by atoms with Gasteiger partial charge in [0.2, 0.25) is 0 Å². The number of fused-ring (bicyclic) bond motifs is 1. The third kappa shape index (κ3) is 2.12. The molecule has 3 rings (SSSR count). The molecule has 1 aromatic heterocycles. The summed E-state index contributed by atoms with van der Waals surface area (Å²) < 4.78 is 7.79. The monoisotopic (exact) mass is 366 g/mol. The molecular weight excluding hydrogens is 355 g/mol. The van der Waals surface area contributed by atoms with Crippen LogP contribution >= 0.6 is 33.9 Å². The van der Waals surface area contributed by atoms with Crippen molar-refractivity contribution in [3.8, 4) is 16.9 Å². The maximum Gasteiger partial charge on any atom is 0.120 e. The molecule has 90 valence electrons. The average Bonchev–Trinajstić information content (AvgIpc) is 2.82. The van der Waals surface area contributed by atoms with E-state index in [1.54, 1.807) is 18.4 Å². The molecule has 0 N–H and O–H groups in total. The van der Waals surface area contributed by atoms with Crippen molar-refractivity contribution in [2.75, 3.05) is 7.11 Å². The first kappa shape index (κ1) is 12.0. The minimum absolute atomic E-state index is 0.915. The van der Waals surface area contributed by atoms with E-state index >= 15 is 0 Å².